The van der Waals surface area contributed by atoms with Crippen LogP contribution >= 0.6 is 23.3 Å². The van der Waals surface area contributed by atoms with Gasteiger partial charge in [-0.25, -0.2) is 0 Å². The summed E-state index contributed by atoms with van der Waals surface area (Å²) in [5.74, 6) is 0.645. The van der Waals surface area contributed by atoms with Crippen LogP contribution in [-0.4, -0.2) is 44.8 Å². The van der Waals surface area contributed by atoms with Gasteiger partial charge in [0.25, 0.3) is 5.91 Å². The molecule has 1 unspecified atom stereocenters. The van der Waals surface area contributed by atoms with Crippen molar-refractivity contribution in [2.24, 2.45) is 0 Å². The summed E-state index contributed by atoms with van der Waals surface area (Å²) in [6.45, 7) is 3.70. The number of aryl methyl sites for hydroxylation is 1. The molecule has 0 radical (unpaired) electrons. The molecule has 0 aliphatic rings. The summed E-state index contributed by atoms with van der Waals surface area (Å²) in [7, 11) is 0. The molecule has 5 nitrogen and oxygen atoms in total. The second-order valence-corrected chi connectivity index (χ2v) is 5.85. The van der Waals surface area contributed by atoms with Crippen LogP contribution in [0, 0.1) is 6.92 Å². The molecule has 96 valence electrons. The van der Waals surface area contributed by atoms with Gasteiger partial charge < -0.3 is 10.4 Å². The first-order valence-corrected chi connectivity index (χ1v) is 7.41. The second kappa shape index (κ2) is 6.32. The van der Waals surface area contributed by atoms with Crippen molar-refractivity contribution in [1.29, 1.82) is 0 Å². The maximum Gasteiger partial charge on any atom is 0.265 e. The lowest BCUT2D eigenvalue weighted by atomic mass is 10.0. The SMILES string of the molecule is CSCCC(C)(O)CNC(=O)c1snnc1C. The van der Waals surface area contributed by atoms with Crippen LogP contribution in [0.25, 0.3) is 0 Å². The minimum absolute atomic E-state index is 0.220. The van der Waals surface area contributed by atoms with Gasteiger partial charge in [0.1, 0.15) is 4.88 Å². The Morgan fingerprint density at radius 3 is 2.88 bits per heavy atom. The van der Waals surface area contributed by atoms with Crippen LogP contribution in [0.3, 0.4) is 0 Å². The van der Waals surface area contributed by atoms with Gasteiger partial charge in [-0.15, -0.1) is 5.10 Å². The smallest absolute Gasteiger partial charge is 0.265 e. The van der Waals surface area contributed by atoms with Crippen molar-refractivity contribution < 1.29 is 9.90 Å². The molecule has 0 spiro atoms. The monoisotopic (exact) mass is 275 g/mol. The lowest BCUT2D eigenvalue weighted by Crippen LogP contribution is -2.41. The molecule has 0 aliphatic carbocycles. The third-order valence-electron chi connectivity index (χ3n) is 2.33. The number of aromatic nitrogens is 2. The first-order valence-electron chi connectivity index (χ1n) is 5.25. The van der Waals surface area contributed by atoms with Gasteiger partial charge in [0.15, 0.2) is 0 Å². The Bertz CT molecular complexity index is 379. The van der Waals surface area contributed by atoms with Crippen molar-refractivity contribution in [2.45, 2.75) is 25.9 Å². The van der Waals surface area contributed by atoms with Crippen molar-refractivity contribution in [2.75, 3.05) is 18.6 Å². The lowest BCUT2D eigenvalue weighted by Gasteiger charge is -2.22. The summed E-state index contributed by atoms with van der Waals surface area (Å²) < 4.78 is 3.70. The second-order valence-electron chi connectivity index (χ2n) is 4.11. The molecule has 1 amide bonds. The Morgan fingerprint density at radius 2 is 2.35 bits per heavy atom. The molecule has 0 fully saturated rings. The van der Waals surface area contributed by atoms with E-state index in [9.17, 15) is 9.90 Å². The standard InChI is InChI=1S/C10H17N3O2S2/c1-7-8(17-13-12-7)9(14)11-6-10(2,15)4-5-16-3/h15H,4-6H2,1-3H3,(H,11,14). The van der Waals surface area contributed by atoms with E-state index in [-0.39, 0.29) is 12.5 Å². The molecule has 1 rings (SSSR count). The highest BCUT2D eigenvalue weighted by Crippen LogP contribution is 2.13. The van der Waals surface area contributed by atoms with E-state index in [0.717, 1.165) is 17.3 Å². The van der Waals surface area contributed by atoms with Crippen LogP contribution in [0.1, 0.15) is 28.7 Å². The molecule has 0 saturated carbocycles. The third-order valence-corrected chi connectivity index (χ3v) is 3.77. The van der Waals surface area contributed by atoms with E-state index < -0.39 is 5.60 Å². The maximum atomic E-state index is 11.8. The molecule has 0 aromatic carbocycles. The molecule has 7 heteroatoms. The lowest BCUT2D eigenvalue weighted by molar-refractivity contribution is 0.0529. The van der Waals surface area contributed by atoms with E-state index >= 15 is 0 Å². The molecular weight excluding hydrogens is 258 g/mol. The Morgan fingerprint density at radius 1 is 1.65 bits per heavy atom. The summed E-state index contributed by atoms with van der Waals surface area (Å²) in [5.41, 5.74) is -0.249. The predicted octanol–water partition coefficient (Wildman–Crippen LogP) is 1.08. The zero-order valence-electron chi connectivity index (χ0n) is 10.2. The topological polar surface area (TPSA) is 75.1 Å². The van der Waals surface area contributed by atoms with Crippen molar-refractivity contribution in [3.05, 3.63) is 10.6 Å². The summed E-state index contributed by atoms with van der Waals surface area (Å²) in [6, 6.07) is 0. The van der Waals surface area contributed by atoms with Gasteiger partial charge >= 0.3 is 0 Å². The first kappa shape index (κ1) is 14.4. The fourth-order valence-corrected chi connectivity index (χ4v) is 2.42. The average molecular weight is 275 g/mol. The van der Waals surface area contributed by atoms with Gasteiger partial charge in [-0.05, 0) is 43.8 Å². The van der Waals surface area contributed by atoms with E-state index in [0.29, 0.717) is 17.0 Å². The van der Waals surface area contributed by atoms with Crippen LogP contribution in [0.15, 0.2) is 0 Å². The van der Waals surface area contributed by atoms with E-state index in [2.05, 4.69) is 14.9 Å². The number of hydrogen-bond acceptors (Lipinski definition) is 6. The Kier molecular flexibility index (Phi) is 5.35. The van der Waals surface area contributed by atoms with Gasteiger partial charge in [-0.2, -0.15) is 11.8 Å². The number of rotatable bonds is 6. The van der Waals surface area contributed by atoms with Crippen LogP contribution < -0.4 is 5.32 Å². The van der Waals surface area contributed by atoms with Gasteiger partial charge in [-0.1, -0.05) is 4.49 Å². The largest absolute Gasteiger partial charge is 0.388 e. The molecular formula is C10H17N3O2S2. The number of carbonyl (C=O) groups excluding carboxylic acids is 1. The highest BCUT2D eigenvalue weighted by Gasteiger charge is 2.22. The Hall–Kier alpha value is -0.660. The fourth-order valence-electron chi connectivity index (χ4n) is 1.20. The summed E-state index contributed by atoms with van der Waals surface area (Å²) in [5, 5.41) is 16.5. The summed E-state index contributed by atoms with van der Waals surface area (Å²) in [4.78, 5) is 12.3. The molecule has 1 aromatic rings. The molecule has 17 heavy (non-hydrogen) atoms. The molecule has 0 aliphatic heterocycles. The maximum absolute atomic E-state index is 11.8. The molecule has 1 aromatic heterocycles. The van der Waals surface area contributed by atoms with Crippen molar-refractivity contribution >= 4 is 29.2 Å². The van der Waals surface area contributed by atoms with Crippen LogP contribution in [0.2, 0.25) is 0 Å². The number of nitrogens with one attached hydrogen (secondary N) is 1. The molecule has 0 saturated heterocycles. The van der Waals surface area contributed by atoms with Crippen molar-refractivity contribution in [1.82, 2.24) is 14.9 Å². The Balaban J connectivity index is 2.45. The van der Waals surface area contributed by atoms with Crippen LogP contribution in [-0.2, 0) is 0 Å². The number of amides is 1. The number of hydrogen-bond donors (Lipinski definition) is 2. The van der Waals surface area contributed by atoms with E-state index in [1.165, 1.54) is 0 Å². The predicted molar refractivity (Wildman–Crippen MR) is 70.6 cm³/mol. The van der Waals surface area contributed by atoms with Gasteiger partial charge in [0, 0.05) is 6.54 Å². The van der Waals surface area contributed by atoms with Gasteiger partial charge in [0.2, 0.25) is 0 Å². The summed E-state index contributed by atoms with van der Waals surface area (Å²) in [6.07, 6.45) is 2.63. The number of aliphatic hydroxyl groups is 1. The minimum atomic E-state index is -0.870. The molecule has 1 heterocycles. The summed E-state index contributed by atoms with van der Waals surface area (Å²) >= 11 is 2.74. The minimum Gasteiger partial charge on any atom is -0.388 e. The highest BCUT2D eigenvalue weighted by molar-refractivity contribution is 7.98. The van der Waals surface area contributed by atoms with E-state index in [1.807, 2.05) is 6.26 Å². The number of nitrogens with zero attached hydrogens (tertiary/aromatic N) is 2. The normalized spacial score (nSPS) is 14.4. The fraction of sp³-hybridized carbons (Fsp3) is 0.700. The van der Waals surface area contributed by atoms with Gasteiger partial charge in [-0.3, -0.25) is 4.79 Å². The van der Waals surface area contributed by atoms with E-state index in [4.69, 9.17) is 0 Å². The zero-order chi connectivity index (χ0) is 12.9. The van der Waals surface area contributed by atoms with Gasteiger partial charge in [0.05, 0.1) is 11.3 Å². The van der Waals surface area contributed by atoms with Crippen molar-refractivity contribution in [3.63, 3.8) is 0 Å². The number of carbonyl (C=O) groups is 1. The van der Waals surface area contributed by atoms with Crippen molar-refractivity contribution in [3.8, 4) is 0 Å². The quantitative estimate of drug-likeness (QED) is 0.812. The first-order chi connectivity index (χ1) is 7.96. The molecule has 0 bridgehead atoms. The average Bonchev–Trinajstić information content (AvgIpc) is 2.70. The van der Waals surface area contributed by atoms with Crippen LogP contribution in [0.5, 0.6) is 0 Å². The molecule has 1 atom stereocenters. The number of thioether (sulfide) groups is 1. The third kappa shape index (κ3) is 4.61. The van der Waals surface area contributed by atoms with Crippen LogP contribution in [0.4, 0.5) is 0 Å². The zero-order valence-corrected chi connectivity index (χ0v) is 11.8. The highest BCUT2D eigenvalue weighted by atomic mass is 32.2. The molecule has 2 N–H and O–H groups in total. The Labute approximate surface area is 109 Å². The van der Waals surface area contributed by atoms with E-state index in [1.54, 1.807) is 25.6 Å².